The number of methoxy groups -OCH3 is 1. The number of carbonyl (C=O) groups is 1. The van der Waals surface area contributed by atoms with E-state index in [1.54, 1.807) is 60.5 Å². The first-order valence-electron chi connectivity index (χ1n) is 8.91. The molecule has 2 aromatic rings. The smallest absolute Gasteiger partial charge is 0.253 e. The number of ether oxygens (including phenoxy) is 1. The molecule has 1 heterocycles. The first kappa shape index (κ1) is 19.4. The molecule has 1 fully saturated rings. The minimum absolute atomic E-state index is 0.0614. The zero-order valence-corrected chi connectivity index (χ0v) is 16.3. The van der Waals surface area contributed by atoms with Crippen molar-refractivity contribution in [2.45, 2.75) is 30.7 Å². The summed E-state index contributed by atoms with van der Waals surface area (Å²) in [6.07, 6.45) is 1.17. The number of amides is 1. The Bertz CT molecular complexity index is 902. The lowest BCUT2D eigenvalue weighted by molar-refractivity contribution is 0.0711. The number of piperidine rings is 1. The molecule has 0 aliphatic carbocycles. The third-order valence-corrected chi connectivity index (χ3v) is 6.29. The molecule has 3 rings (SSSR count). The van der Waals surface area contributed by atoms with E-state index in [1.165, 1.54) is 0 Å². The maximum atomic E-state index is 12.6. The SMILES string of the molecule is COc1cccc(C(=O)N2CCC(NS(=O)(=O)c3ccc(C)cc3)CC2)c1. The highest BCUT2D eigenvalue weighted by Crippen LogP contribution is 2.19. The van der Waals surface area contributed by atoms with Crippen LogP contribution >= 0.6 is 0 Å². The zero-order valence-electron chi connectivity index (χ0n) is 15.5. The Kier molecular flexibility index (Phi) is 5.82. The summed E-state index contributed by atoms with van der Waals surface area (Å²) < 4.78 is 33.0. The lowest BCUT2D eigenvalue weighted by Gasteiger charge is -2.32. The van der Waals surface area contributed by atoms with Gasteiger partial charge < -0.3 is 9.64 Å². The fourth-order valence-corrected chi connectivity index (χ4v) is 4.45. The predicted molar refractivity (Wildman–Crippen MR) is 103 cm³/mol. The van der Waals surface area contributed by atoms with Crippen molar-refractivity contribution in [2.75, 3.05) is 20.2 Å². The van der Waals surface area contributed by atoms with Gasteiger partial charge in [-0.15, -0.1) is 0 Å². The van der Waals surface area contributed by atoms with Gasteiger partial charge in [-0.1, -0.05) is 23.8 Å². The lowest BCUT2D eigenvalue weighted by atomic mass is 10.0. The first-order valence-corrected chi connectivity index (χ1v) is 10.4. The quantitative estimate of drug-likeness (QED) is 0.854. The molecule has 0 saturated carbocycles. The summed E-state index contributed by atoms with van der Waals surface area (Å²) in [5.74, 6) is 0.579. The molecule has 0 unspecified atom stereocenters. The van der Waals surface area contributed by atoms with Gasteiger partial charge in [-0.2, -0.15) is 0 Å². The van der Waals surface area contributed by atoms with Crippen LogP contribution in [0.2, 0.25) is 0 Å². The molecule has 7 heteroatoms. The van der Waals surface area contributed by atoms with Crippen LogP contribution in [0.15, 0.2) is 53.4 Å². The molecule has 0 bridgehead atoms. The van der Waals surface area contributed by atoms with Gasteiger partial charge in [-0.25, -0.2) is 13.1 Å². The molecule has 0 spiro atoms. The van der Waals surface area contributed by atoms with E-state index in [4.69, 9.17) is 4.74 Å². The second-order valence-electron chi connectivity index (χ2n) is 6.73. The average molecular weight is 388 g/mol. The second kappa shape index (κ2) is 8.10. The lowest BCUT2D eigenvalue weighted by Crippen LogP contribution is -2.46. The second-order valence-corrected chi connectivity index (χ2v) is 8.45. The summed E-state index contributed by atoms with van der Waals surface area (Å²) in [7, 11) is -1.98. The minimum atomic E-state index is -3.55. The van der Waals surface area contributed by atoms with E-state index in [-0.39, 0.29) is 16.8 Å². The van der Waals surface area contributed by atoms with E-state index in [0.29, 0.717) is 37.2 Å². The van der Waals surface area contributed by atoms with E-state index >= 15 is 0 Å². The van der Waals surface area contributed by atoms with E-state index < -0.39 is 10.0 Å². The number of hydrogen-bond donors (Lipinski definition) is 1. The van der Waals surface area contributed by atoms with Gasteiger partial charge in [0.05, 0.1) is 12.0 Å². The summed E-state index contributed by atoms with van der Waals surface area (Å²) in [6, 6.07) is 13.7. The normalized spacial score (nSPS) is 15.6. The fourth-order valence-electron chi connectivity index (χ4n) is 3.14. The Labute approximate surface area is 160 Å². The number of likely N-dealkylation sites (tertiary alicyclic amines) is 1. The number of aryl methyl sites for hydroxylation is 1. The van der Waals surface area contributed by atoms with Gasteiger partial charge in [0.1, 0.15) is 5.75 Å². The minimum Gasteiger partial charge on any atom is -0.497 e. The van der Waals surface area contributed by atoms with Crippen molar-refractivity contribution in [3.05, 3.63) is 59.7 Å². The highest BCUT2D eigenvalue weighted by molar-refractivity contribution is 7.89. The Morgan fingerprint density at radius 1 is 1.11 bits per heavy atom. The number of rotatable bonds is 5. The maximum Gasteiger partial charge on any atom is 0.253 e. The Hall–Kier alpha value is -2.38. The molecule has 0 radical (unpaired) electrons. The summed E-state index contributed by atoms with van der Waals surface area (Å²) >= 11 is 0. The number of sulfonamides is 1. The van der Waals surface area contributed by atoms with Crippen LogP contribution in [0.4, 0.5) is 0 Å². The van der Waals surface area contributed by atoms with Gasteiger partial charge in [-0.3, -0.25) is 4.79 Å². The highest BCUT2D eigenvalue weighted by atomic mass is 32.2. The molecule has 2 aromatic carbocycles. The summed E-state index contributed by atoms with van der Waals surface area (Å²) in [5.41, 5.74) is 1.59. The molecular formula is C20H24N2O4S. The van der Waals surface area contributed by atoms with Crippen LogP contribution in [0.1, 0.15) is 28.8 Å². The number of nitrogens with one attached hydrogen (secondary N) is 1. The molecule has 1 amide bonds. The van der Waals surface area contributed by atoms with Gasteiger partial charge in [0.2, 0.25) is 10.0 Å². The predicted octanol–water partition coefficient (Wildman–Crippen LogP) is 2.59. The molecule has 144 valence electrons. The average Bonchev–Trinajstić information content (AvgIpc) is 2.68. The largest absolute Gasteiger partial charge is 0.497 e. The van der Waals surface area contributed by atoms with Crippen LogP contribution in [0.5, 0.6) is 5.75 Å². The standard InChI is InChI=1S/C20H24N2O4S/c1-15-6-8-19(9-7-15)27(24,25)21-17-10-12-22(13-11-17)20(23)16-4-3-5-18(14-16)26-2/h3-9,14,17,21H,10-13H2,1-2H3. The van der Waals surface area contributed by atoms with Gasteiger partial charge in [-0.05, 0) is 50.1 Å². The molecule has 1 aliphatic rings. The maximum absolute atomic E-state index is 12.6. The van der Waals surface area contributed by atoms with Gasteiger partial charge >= 0.3 is 0 Å². The molecule has 0 aromatic heterocycles. The Morgan fingerprint density at radius 2 is 1.78 bits per heavy atom. The number of carbonyl (C=O) groups excluding carboxylic acids is 1. The fraction of sp³-hybridized carbons (Fsp3) is 0.350. The molecule has 1 N–H and O–H groups in total. The van der Waals surface area contributed by atoms with Crippen molar-refractivity contribution in [3.63, 3.8) is 0 Å². The van der Waals surface area contributed by atoms with Crippen molar-refractivity contribution in [1.29, 1.82) is 0 Å². The Balaban J connectivity index is 1.60. The molecule has 1 saturated heterocycles. The third-order valence-electron chi connectivity index (χ3n) is 4.75. The van der Waals surface area contributed by atoms with Crippen LogP contribution in [0.25, 0.3) is 0 Å². The molecule has 1 aliphatic heterocycles. The van der Waals surface area contributed by atoms with Gasteiger partial charge in [0.25, 0.3) is 5.91 Å². The zero-order chi connectivity index (χ0) is 19.4. The monoisotopic (exact) mass is 388 g/mol. The first-order chi connectivity index (χ1) is 12.9. The van der Waals surface area contributed by atoms with Gasteiger partial charge in [0, 0.05) is 24.7 Å². The van der Waals surface area contributed by atoms with Crippen LogP contribution < -0.4 is 9.46 Å². The van der Waals surface area contributed by atoms with Crippen LogP contribution in [0.3, 0.4) is 0 Å². The summed E-state index contributed by atoms with van der Waals surface area (Å²) in [6.45, 7) is 2.94. The van der Waals surface area contributed by atoms with E-state index in [2.05, 4.69) is 4.72 Å². The molecular weight excluding hydrogens is 364 g/mol. The van der Waals surface area contributed by atoms with Crippen molar-refractivity contribution >= 4 is 15.9 Å². The summed E-state index contributed by atoms with van der Waals surface area (Å²) in [5, 5.41) is 0. The van der Waals surface area contributed by atoms with Crippen LogP contribution in [0, 0.1) is 6.92 Å². The summed E-state index contributed by atoms with van der Waals surface area (Å²) in [4.78, 5) is 14.7. The third kappa shape index (κ3) is 4.67. The van der Waals surface area contributed by atoms with Crippen molar-refractivity contribution in [3.8, 4) is 5.75 Å². The molecule has 27 heavy (non-hydrogen) atoms. The number of nitrogens with zero attached hydrogens (tertiary/aromatic N) is 1. The number of benzene rings is 2. The van der Waals surface area contributed by atoms with E-state index in [1.807, 2.05) is 6.92 Å². The van der Waals surface area contributed by atoms with E-state index in [0.717, 1.165) is 5.56 Å². The van der Waals surface area contributed by atoms with Crippen LogP contribution in [-0.2, 0) is 10.0 Å². The van der Waals surface area contributed by atoms with E-state index in [9.17, 15) is 13.2 Å². The topological polar surface area (TPSA) is 75.7 Å². The van der Waals surface area contributed by atoms with Crippen molar-refractivity contribution in [2.24, 2.45) is 0 Å². The Morgan fingerprint density at radius 3 is 2.41 bits per heavy atom. The van der Waals surface area contributed by atoms with Crippen LogP contribution in [-0.4, -0.2) is 45.5 Å². The van der Waals surface area contributed by atoms with Gasteiger partial charge in [0.15, 0.2) is 0 Å². The molecule has 0 atom stereocenters. The number of hydrogen-bond acceptors (Lipinski definition) is 4. The molecule has 6 nitrogen and oxygen atoms in total. The van der Waals surface area contributed by atoms with Crippen molar-refractivity contribution in [1.82, 2.24) is 9.62 Å². The van der Waals surface area contributed by atoms with Crippen molar-refractivity contribution < 1.29 is 17.9 Å². The highest BCUT2D eigenvalue weighted by Gasteiger charge is 2.27.